The summed E-state index contributed by atoms with van der Waals surface area (Å²) in [4.78, 5) is 0. The maximum absolute atomic E-state index is 5.27. The average Bonchev–Trinajstić information content (AvgIpc) is 1.72. The number of rotatable bonds is 2. The summed E-state index contributed by atoms with van der Waals surface area (Å²) in [5, 5.41) is 0. The highest BCUT2D eigenvalue weighted by molar-refractivity contribution is 6.80. The molecule has 1 unspecified atom stereocenters. The van der Waals surface area contributed by atoms with Gasteiger partial charge >= 0.3 is 0 Å². The summed E-state index contributed by atoms with van der Waals surface area (Å²) in [6, 6.07) is 0. The molecule has 0 saturated carbocycles. The smallest absolute Gasteiger partial charge is 0.109 e. The topological polar surface area (TPSA) is 26.0 Å². The van der Waals surface area contributed by atoms with Crippen molar-refractivity contribution in [2.45, 2.75) is 11.9 Å². The summed E-state index contributed by atoms with van der Waals surface area (Å²) in [5.74, 6) is 0.546. The summed E-state index contributed by atoms with van der Waals surface area (Å²) in [7, 11) is 0.778. The average molecular weight is 195 g/mol. The predicted octanol–water partition coefficient (Wildman–Crippen LogP) is 0.644. The zero-order chi connectivity index (χ0) is 6.99. The van der Waals surface area contributed by atoms with Gasteiger partial charge in [0, 0.05) is 5.88 Å². The van der Waals surface area contributed by atoms with Crippen molar-refractivity contribution < 1.29 is 0 Å². The van der Waals surface area contributed by atoms with E-state index >= 15 is 0 Å². The van der Waals surface area contributed by atoms with Crippen LogP contribution in [0.15, 0.2) is 0 Å². The van der Waals surface area contributed by atoms with E-state index in [2.05, 4.69) is 0 Å². The fourth-order valence-electron chi connectivity index (χ4n) is 0.104. The van der Waals surface area contributed by atoms with Crippen molar-refractivity contribution in [1.82, 2.24) is 0 Å². The Kier molecular flexibility index (Phi) is 16.1. The van der Waals surface area contributed by atoms with Crippen molar-refractivity contribution in [2.75, 3.05) is 5.88 Å². The minimum atomic E-state index is -0.262. The molecular formula is C3H10Cl3NSi. The fraction of sp³-hybridized carbons (Fsp3) is 1.00. The van der Waals surface area contributed by atoms with E-state index in [9.17, 15) is 0 Å². The molecule has 2 N–H and O–H groups in total. The van der Waals surface area contributed by atoms with Gasteiger partial charge in [0.05, 0.1) is 5.50 Å². The molecule has 0 rings (SSSR count). The normalized spacial score (nSPS) is 12.0. The van der Waals surface area contributed by atoms with Crippen LogP contribution in [0.1, 0.15) is 6.42 Å². The third-order valence-electron chi connectivity index (χ3n) is 0.385. The van der Waals surface area contributed by atoms with Crippen LogP contribution < -0.4 is 5.73 Å². The van der Waals surface area contributed by atoms with Crippen molar-refractivity contribution in [1.29, 1.82) is 0 Å². The van der Waals surface area contributed by atoms with Gasteiger partial charge in [-0.05, 0) is 6.42 Å². The molecular weight excluding hydrogens is 184 g/mol. The van der Waals surface area contributed by atoms with E-state index in [1.165, 1.54) is 0 Å². The largest absolute Gasteiger partial charge is 0.315 e. The van der Waals surface area contributed by atoms with Gasteiger partial charge in [0.2, 0.25) is 0 Å². The maximum Gasteiger partial charge on any atom is 0.109 e. The monoisotopic (exact) mass is 193 g/mol. The van der Waals surface area contributed by atoms with Crippen LogP contribution in [0, 0.1) is 0 Å². The van der Waals surface area contributed by atoms with Crippen LogP contribution in [0.3, 0.4) is 0 Å². The Labute approximate surface area is 67.6 Å². The highest BCUT2D eigenvalue weighted by Crippen LogP contribution is 1.93. The van der Waals surface area contributed by atoms with E-state index in [4.69, 9.17) is 40.0 Å². The molecule has 0 spiro atoms. The fourth-order valence-corrected chi connectivity index (χ4v) is 0.560. The lowest BCUT2D eigenvalue weighted by atomic mass is 10.5. The molecule has 0 saturated heterocycles. The first kappa shape index (κ1) is 11.8. The highest BCUT2D eigenvalue weighted by atomic mass is 35.6. The van der Waals surface area contributed by atoms with Gasteiger partial charge in [0.15, 0.2) is 0 Å². The molecule has 8 heavy (non-hydrogen) atoms. The lowest BCUT2D eigenvalue weighted by Gasteiger charge is -1.92. The second-order valence-corrected chi connectivity index (χ2v) is 1.93. The SMILES string of the molecule is NC(Cl)CCCl.[SiH3]Cl. The molecule has 0 aromatic rings. The Morgan fingerprint density at radius 1 is 1.50 bits per heavy atom. The molecule has 0 aliphatic heterocycles. The first-order valence-corrected chi connectivity index (χ1v) is 6.10. The Hall–Kier alpha value is 1.05. The highest BCUT2D eigenvalue weighted by Gasteiger charge is 1.89. The van der Waals surface area contributed by atoms with Crippen LogP contribution in [-0.4, -0.2) is 20.9 Å². The second-order valence-electron chi connectivity index (χ2n) is 0.994. The van der Waals surface area contributed by atoms with Crippen molar-refractivity contribution in [3.8, 4) is 0 Å². The van der Waals surface area contributed by atoms with Crippen LogP contribution in [0.5, 0.6) is 0 Å². The molecule has 52 valence electrons. The molecule has 0 bridgehead atoms. The van der Waals surface area contributed by atoms with E-state index in [1.54, 1.807) is 0 Å². The van der Waals surface area contributed by atoms with Crippen LogP contribution >= 0.6 is 34.3 Å². The zero-order valence-electron chi connectivity index (χ0n) is 4.70. The van der Waals surface area contributed by atoms with E-state index in [1.807, 2.05) is 0 Å². The quantitative estimate of drug-likeness (QED) is 0.297. The molecule has 5 heteroatoms. The zero-order valence-corrected chi connectivity index (χ0v) is 8.97. The van der Waals surface area contributed by atoms with Gasteiger partial charge in [0.1, 0.15) is 9.55 Å². The molecule has 1 nitrogen and oxygen atoms in total. The minimum absolute atomic E-state index is 0.262. The van der Waals surface area contributed by atoms with Gasteiger partial charge in [-0.15, -0.1) is 23.2 Å². The molecule has 0 aromatic carbocycles. The lowest BCUT2D eigenvalue weighted by molar-refractivity contribution is 0.863. The van der Waals surface area contributed by atoms with Gasteiger partial charge in [-0.1, -0.05) is 0 Å². The van der Waals surface area contributed by atoms with Crippen LogP contribution in [0.2, 0.25) is 0 Å². The van der Waals surface area contributed by atoms with Crippen LogP contribution in [0.4, 0.5) is 0 Å². The third kappa shape index (κ3) is 15.7. The summed E-state index contributed by atoms with van der Waals surface area (Å²) >= 11 is 15.3. The van der Waals surface area contributed by atoms with Crippen LogP contribution in [0.25, 0.3) is 0 Å². The van der Waals surface area contributed by atoms with Gasteiger partial charge in [-0.2, -0.15) is 11.1 Å². The standard InChI is InChI=1S/C3H7Cl2N.ClH3Si/c4-2-1-3(5)6;1-2/h3H,1-2,6H2;2H3. The molecule has 0 fully saturated rings. The van der Waals surface area contributed by atoms with E-state index in [0.29, 0.717) is 12.3 Å². The number of nitrogens with two attached hydrogens (primary N) is 1. The summed E-state index contributed by atoms with van der Waals surface area (Å²) in [6.07, 6.45) is 0.684. The molecule has 0 radical (unpaired) electrons. The van der Waals surface area contributed by atoms with Crippen molar-refractivity contribution in [3.63, 3.8) is 0 Å². The predicted molar refractivity (Wildman–Crippen MR) is 45.0 cm³/mol. The molecule has 0 aliphatic rings. The Balaban J connectivity index is 0. The lowest BCUT2D eigenvalue weighted by Crippen LogP contribution is -2.11. The summed E-state index contributed by atoms with van der Waals surface area (Å²) in [5.41, 5.74) is 4.82. The van der Waals surface area contributed by atoms with Crippen LogP contribution in [-0.2, 0) is 0 Å². The second kappa shape index (κ2) is 10.9. The number of hydrogen-bond acceptors (Lipinski definition) is 1. The molecule has 1 atom stereocenters. The van der Waals surface area contributed by atoms with Crippen molar-refractivity contribution >= 4 is 43.8 Å². The molecule has 0 aliphatic carbocycles. The van der Waals surface area contributed by atoms with Gasteiger partial charge < -0.3 is 5.73 Å². The van der Waals surface area contributed by atoms with Crippen molar-refractivity contribution in [2.24, 2.45) is 5.73 Å². The molecule has 0 amide bonds. The number of alkyl halides is 2. The molecule has 0 aromatic heterocycles. The van der Waals surface area contributed by atoms with E-state index in [-0.39, 0.29) is 5.50 Å². The van der Waals surface area contributed by atoms with Crippen molar-refractivity contribution in [3.05, 3.63) is 0 Å². The van der Waals surface area contributed by atoms with E-state index in [0.717, 1.165) is 9.55 Å². The Morgan fingerprint density at radius 3 is 1.88 bits per heavy atom. The minimum Gasteiger partial charge on any atom is -0.315 e. The van der Waals surface area contributed by atoms with E-state index < -0.39 is 0 Å². The van der Waals surface area contributed by atoms with Gasteiger partial charge in [-0.25, -0.2) is 0 Å². The maximum atomic E-state index is 5.27. The summed E-state index contributed by atoms with van der Waals surface area (Å²) < 4.78 is 0. The Bertz CT molecular complexity index is 35.7. The van der Waals surface area contributed by atoms with Gasteiger partial charge in [0.25, 0.3) is 0 Å². The molecule has 0 heterocycles. The number of hydrogen-bond donors (Lipinski definition) is 1. The first-order chi connectivity index (χ1) is 3.77. The third-order valence-corrected chi connectivity index (χ3v) is 0.821. The summed E-state index contributed by atoms with van der Waals surface area (Å²) in [6.45, 7) is 0. The number of halogens is 3. The first-order valence-electron chi connectivity index (χ1n) is 2.11. The Morgan fingerprint density at radius 2 is 1.88 bits per heavy atom. The van der Waals surface area contributed by atoms with Gasteiger partial charge in [-0.3, -0.25) is 0 Å².